The molecule has 1 rings (SSSR count). The van der Waals surface area contributed by atoms with Gasteiger partial charge in [-0.25, -0.2) is 10.1 Å². The molecule has 0 bridgehead atoms. The number of hydrogen-bond donors (Lipinski definition) is 1. The van der Waals surface area contributed by atoms with Gasteiger partial charge < -0.3 is 0 Å². The Kier molecular flexibility index (Phi) is 7.97. The third-order valence-corrected chi connectivity index (χ3v) is 7.92. The van der Waals surface area contributed by atoms with Crippen LogP contribution in [0.2, 0.25) is 0 Å². The summed E-state index contributed by atoms with van der Waals surface area (Å²) in [7, 11) is 0. The lowest BCUT2D eigenvalue weighted by atomic mass is 10.3. The molecule has 1 unspecified atom stereocenters. The van der Waals surface area contributed by atoms with E-state index >= 15 is 0 Å². The highest BCUT2D eigenvalue weighted by atomic mass is 32.7. The number of rotatable bonds is 9. The van der Waals surface area contributed by atoms with E-state index in [9.17, 15) is 4.57 Å². The number of nitrogens with zero attached hydrogens (tertiary/aromatic N) is 2. The van der Waals surface area contributed by atoms with Crippen LogP contribution in [0.5, 0.6) is 0 Å². The second kappa shape index (κ2) is 9.22. The Labute approximate surface area is 126 Å². The molecule has 0 aliphatic rings. The third kappa shape index (κ3) is 5.31. The summed E-state index contributed by atoms with van der Waals surface area (Å²) in [6.45, 7) is 4.78. The van der Waals surface area contributed by atoms with Gasteiger partial charge in [0.2, 0.25) is 0 Å². The Morgan fingerprint density at radius 2 is 2.00 bits per heavy atom. The van der Waals surface area contributed by atoms with Gasteiger partial charge in [-0.2, -0.15) is 0 Å². The van der Waals surface area contributed by atoms with E-state index in [1.54, 1.807) is 6.34 Å². The monoisotopic (exact) mass is 313 g/mol. The number of hydrogen-bond acceptors (Lipinski definition) is 3. The summed E-state index contributed by atoms with van der Waals surface area (Å²) >= 11 is 1.50. The molecule has 0 amide bonds. The second-order valence-electron chi connectivity index (χ2n) is 4.20. The molecule has 0 saturated heterocycles. The summed E-state index contributed by atoms with van der Waals surface area (Å²) in [6, 6.07) is 9.71. The predicted octanol–water partition coefficient (Wildman–Crippen LogP) is 4.53. The number of benzene rings is 1. The quantitative estimate of drug-likeness (QED) is 0.413. The molecule has 6 heteroatoms. The normalized spacial score (nSPS) is 14.3. The van der Waals surface area contributed by atoms with Crippen molar-refractivity contribution in [3.05, 3.63) is 30.3 Å². The average Bonchev–Trinajstić information content (AvgIpc) is 2.47. The van der Waals surface area contributed by atoms with Gasteiger partial charge in [0.1, 0.15) is 0 Å². The van der Waals surface area contributed by atoms with Gasteiger partial charge in [-0.15, -0.1) is 0 Å². The first-order valence-electron chi connectivity index (χ1n) is 7.02. The minimum atomic E-state index is -2.63. The van der Waals surface area contributed by atoms with Crippen LogP contribution >= 0.6 is 18.0 Å². The second-order valence-corrected chi connectivity index (χ2v) is 9.00. The number of para-hydroxylation sites is 1. The van der Waals surface area contributed by atoms with Gasteiger partial charge in [0, 0.05) is 18.8 Å². The molecule has 0 fully saturated rings. The zero-order valence-electron chi connectivity index (χ0n) is 12.5. The van der Waals surface area contributed by atoms with Crippen molar-refractivity contribution in [3.63, 3.8) is 0 Å². The van der Waals surface area contributed by atoms with Gasteiger partial charge in [-0.1, -0.05) is 43.4 Å². The van der Waals surface area contributed by atoms with E-state index in [0.717, 1.165) is 17.9 Å². The topological polar surface area (TPSA) is 44.7 Å². The maximum atomic E-state index is 13.0. The van der Waals surface area contributed by atoms with Crippen molar-refractivity contribution in [3.8, 4) is 0 Å². The minimum Gasteiger partial charge on any atom is -0.294 e. The average molecular weight is 313 g/mol. The molecule has 0 saturated carbocycles. The molecule has 4 nitrogen and oxygen atoms in total. The van der Waals surface area contributed by atoms with Crippen molar-refractivity contribution in [2.24, 2.45) is 4.99 Å². The molecule has 1 aromatic rings. The van der Waals surface area contributed by atoms with Crippen LogP contribution in [-0.4, -0.2) is 29.9 Å². The summed E-state index contributed by atoms with van der Waals surface area (Å²) in [5, 5.41) is 3.13. The van der Waals surface area contributed by atoms with Crippen LogP contribution < -0.4 is 5.09 Å². The molecule has 0 aromatic heterocycles. The fourth-order valence-corrected chi connectivity index (χ4v) is 6.29. The van der Waals surface area contributed by atoms with Crippen LogP contribution in [0.15, 0.2) is 35.3 Å². The summed E-state index contributed by atoms with van der Waals surface area (Å²) in [5.74, 6) is 0.875. The van der Waals surface area contributed by atoms with Crippen molar-refractivity contribution in [1.82, 2.24) is 9.76 Å². The predicted molar refractivity (Wildman–Crippen MR) is 91.0 cm³/mol. The highest BCUT2D eigenvalue weighted by molar-refractivity contribution is 8.56. The van der Waals surface area contributed by atoms with E-state index in [4.69, 9.17) is 0 Å². The van der Waals surface area contributed by atoms with Crippen molar-refractivity contribution in [1.29, 1.82) is 0 Å². The van der Waals surface area contributed by atoms with Crippen molar-refractivity contribution < 1.29 is 4.57 Å². The first-order valence-corrected chi connectivity index (χ1v) is 10.3. The van der Waals surface area contributed by atoms with E-state index < -0.39 is 6.65 Å². The highest BCUT2D eigenvalue weighted by Crippen LogP contribution is 2.57. The van der Waals surface area contributed by atoms with Crippen LogP contribution in [0.4, 0.5) is 5.69 Å². The SMILES string of the molecule is CCCSP(=O)(NCC)N(C=Nc1ccccc1)CC. The van der Waals surface area contributed by atoms with Crippen LogP contribution in [0.3, 0.4) is 0 Å². The van der Waals surface area contributed by atoms with Crippen LogP contribution in [0, 0.1) is 0 Å². The van der Waals surface area contributed by atoms with E-state index in [-0.39, 0.29) is 0 Å². The van der Waals surface area contributed by atoms with Gasteiger partial charge >= 0.3 is 0 Å². The van der Waals surface area contributed by atoms with Crippen molar-refractivity contribution in [2.75, 3.05) is 18.8 Å². The highest BCUT2D eigenvalue weighted by Gasteiger charge is 2.27. The van der Waals surface area contributed by atoms with Crippen molar-refractivity contribution in [2.45, 2.75) is 27.2 Å². The smallest absolute Gasteiger partial charge is 0.293 e. The molecule has 1 N–H and O–H groups in total. The zero-order chi connectivity index (χ0) is 14.8. The Morgan fingerprint density at radius 3 is 2.55 bits per heavy atom. The molecular formula is C14H24N3OPS. The Hall–Kier alpha value is -0.770. The summed E-state index contributed by atoms with van der Waals surface area (Å²) in [6.07, 6.45) is 2.70. The van der Waals surface area contributed by atoms with Crippen LogP contribution in [-0.2, 0) is 4.57 Å². The largest absolute Gasteiger partial charge is 0.294 e. The molecule has 0 aliphatic heterocycles. The Bertz CT molecular complexity index is 453. The van der Waals surface area contributed by atoms with E-state index in [1.165, 1.54) is 11.4 Å². The van der Waals surface area contributed by atoms with Crippen LogP contribution in [0.25, 0.3) is 0 Å². The lowest BCUT2D eigenvalue weighted by molar-refractivity contribution is 0.532. The molecule has 1 aromatic carbocycles. The molecule has 0 radical (unpaired) electrons. The number of aliphatic imine (C=N–C) groups is 1. The minimum absolute atomic E-state index is 0.664. The first-order chi connectivity index (χ1) is 9.66. The maximum Gasteiger partial charge on any atom is 0.293 e. The molecular weight excluding hydrogens is 289 g/mol. The first kappa shape index (κ1) is 17.3. The van der Waals surface area contributed by atoms with E-state index in [2.05, 4.69) is 17.0 Å². The molecule has 0 aliphatic carbocycles. The zero-order valence-corrected chi connectivity index (χ0v) is 14.2. The fraction of sp³-hybridized carbons (Fsp3) is 0.500. The Morgan fingerprint density at radius 1 is 1.30 bits per heavy atom. The lowest BCUT2D eigenvalue weighted by Crippen LogP contribution is -2.25. The molecule has 112 valence electrons. The fourth-order valence-electron chi connectivity index (χ4n) is 1.61. The Balaban J connectivity index is 2.85. The molecule has 1 atom stereocenters. The van der Waals surface area contributed by atoms with Crippen LogP contribution in [0.1, 0.15) is 27.2 Å². The standard InChI is InChI=1S/C14H24N3OPS/c1-4-12-20-19(18,16-5-2)17(6-3)13-15-14-10-8-7-9-11-14/h7-11,13H,4-6,12H2,1-3H3,(H,16,18). The van der Waals surface area contributed by atoms with Gasteiger partial charge in [-0.3, -0.25) is 9.24 Å². The van der Waals surface area contributed by atoms with Gasteiger partial charge in [0.15, 0.2) is 0 Å². The van der Waals surface area contributed by atoms with Gasteiger partial charge in [-0.05, 0) is 25.5 Å². The van der Waals surface area contributed by atoms with E-state index in [0.29, 0.717) is 13.1 Å². The third-order valence-electron chi connectivity index (χ3n) is 2.59. The lowest BCUT2D eigenvalue weighted by Gasteiger charge is -2.28. The van der Waals surface area contributed by atoms with Gasteiger partial charge in [0.05, 0.1) is 12.0 Å². The molecule has 0 heterocycles. The maximum absolute atomic E-state index is 13.0. The molecule has 0 spiro atoms. The summed E-state index contributed by atoms with van der Waals surface area (Å²) in [4.78, 5) is 4.41. The van der Waals surface area contributed by atoms with Crippen molar-refractivity contribution >= 4 is 30.1 Å². The van der Waals surface area contributed by atoms with Gasteiger partial charge in [0.25, 0.3) is 6.65 Å². The number of nitrogens with one attached hydrogen (secondary N) is 1. The summed E-state index contributed by atoms with van der Waals surface area (Å²) < 4.78 is 14.8. The summed E-state index contributed by atoms with van der Waals surface area (Å²) in [5.41, 5.74) is 0.870. The van der Waals surface area contributed by atoms with E-state index in [1.807, 2.05) is 48.8 Å². The molecule has 20 heavy (non-hydrogen) atoms.